The number of carbonyl (C=O) groups excluding carboxylic acids is 1. The monoisotopic (exact) mass is 339 g/mol. The molecule has 0 unspecified atom stereocenters. The molecule has 25 heavy (non-hydrogen) atoms. The van der Waals surface area contributed by atoms with Gasteiger partial charge in [-0.25, -0.2) is 14.8 Å². The van der Waals surface area contributed by atoms with Crippen LogP contribution < -0.4 is 10.6 Å². The van der Waals surface area contributed by atoms with E-state index in [2.05, 4.69) is 46.6 Å². The largest absolute Gasteiger partial charge is 0.352 e. The van der Waals surface area contributed by atoms with Crippen molar-refractivity contribution in [3.63, 3.8) is 0 Å². The molecule has 0 fully saturated rings. The van der Waals surface area contributed by atoms with Gasteiger partial charge >= 0.3 is 6.03 Å². The fourth-order valence-corrected chi connectivity index (χ4v) is 2.87. The molecule has 1 aliphatic rings. The van der Waals surface area contributed by atoms with E-state index in [-0.39, 0.29) is 12.1 Å². The highest BCUT2D eigenvalue weighted by Crippen LogP contribution is 2.18. The Morgan fingerprint density at radius 1 is 1.28 bits per heavy atom. The van der Waals surface area contributed by atoms with Crippen LogP contribution in [0.4, 0.5) is 10.7 Å². The lowest BCUT2D eigenvalue weighted by Gasteiger charge is -2.28. The number of nitrogens with zero attached hydrogens (tertiary/aromatic N) is 3. The molecule has 0 spiro atoms. The molecule has 1 aliphatic heterocycles. The Kier molecular flexibility index (Phi) is 5.48. The predicted octanol–water partition coefficient (Wildman–Crippen LogP) is 2.61. The number of nitrogens with one attached hydrogen (secondary N) is 2. The first-order chi connectivity index (χ1) is 12.1. The Labute approximate surface area is 148 Å². The third kappa shape index (κ3) is 4.68. The molecule has 132 valence electrons. The highest BCUT2D eigenvalue weighted by atomic mass is 16.2. The van der Waals surface area contributed by atoms with Crippen LogP contribution in [-0.2, 0) is 19.4 Å². The first-order valence-electron chi connectivity index (χ1n) is 8.80. The molecular weight excluding hydrogens is 314 g/mol. The van der Waals surface area contributed by atoms with Crippen molar-refractivity contribution in [2.75, 3.05) is 18.4 Å². The van der Waals surface area contributed by atoms with Crippen LogP contribution in [0.2, 0.25) is 0 Å². The SMILES string of the molecule is CC(C)Nc1ncc2c(n1)CN(C(=O)NCCc1ccccc1)CC2. The first-order valence-corrected chi connectivity index (χ1v) is 8.80. The van der Waals surface area contributed by atoms with Gasteiger partial charge in [-0.1, -0.05) is 30.3 Å². The number of hydrogen-bond donors (Lipinski definition) is 2. The van der Waals surface area contributed by atoms with Gasteiger partial charge < -0.3 is 15.5 Å². The van der Waals surface area contributed by atoms with E-state index in [9.17, 15) is 4.79 Å². The van der Waals surface area contributed by atoms with Gasteiger partial charge in [-0.05, 0) is 37.8 Å². The molecule has 2 amide bonds. The van der Waals surface area contributed by atoms with E-state index in [4.69, 9.17) is 0 Å². The van der Waals surface area contributed by atoms with Gasteiger partial charge in [0.15, 0.2) is 0 Å². The molecule has 1 aromatic heterocycles. The van der Waals surface area contributed by atoms with Crippen molar-refractivity contribution in [3.05, 3.63) is 53.3 Å². The van der Waals surface area contributed by atoms with E-state index in [1.165, 1.54) is 5.56 Å². The van der Waals surface area contributed by atoms with Gasteiger partial charge in [0, 0.05) is 25.3 Å². The van der Waals surface area contributed by atoms with E-state index in [1.54, 1.807) is 0 Å². The van der Waals surface area contributed by atoms with E-state index in [0.29, 0.717) is 25.6 Å². The molecule has 0 bridgehead atoms. The van der Waals surface area contributed by atoms with Gasteiger partial charge in [-0.15, -0.1) is 0 Å². The zero-order chi connectivity index (χ0) is 17.6. The zero-order valence-corrected chi connectivity index (χ0v) is 14.8. The van der Waals surface area contributed by atoms with Gasteiger partial charge in [0.25, 0.3) is 0 Å². The fraction of sp³-hybridized carbons (Fsp3) is 0.421. The summed E-state index contributed by atoms with van der Waals surface area (Å²) in [6.45, 7) is 5.97. The van der Waals surface area contributed by atoms with Crippen LogP contribution in [0.5, 0.6) is 0 Å². The Hall–Kier alpha value is -2.63. The van der Waals surface area contributed by atoms with Gasteiger partial charge in [0.05, 0.1) is 12.2 Å². The normalized spacial score (nSPS) is 13.5. The van der Waals surface area contributed by atoms with E-state index < -0.39 is 0 Å². The maximum atomic E-state index is 12.4. The predicted molar refractivity (Wildman–Crippen MR) is 98.4 cm³/mol. The van der Waals surface area contributed by atoms with Crippen LogP contribution in [0.15, 0.2) is 36.5 Å². The maximum Gasteiger partial charge on any atom is 0.317 e. The first kappa shape index (κ1) is 17.2. The molecule has 6 nitrogen and oxygen atoms in total. The highest BCUT2D eigenvalue weighted by Gasteiger charge is 2.22. The van der Waals surface area contributed by atoms with Crippen LogP contribution in [0.1, 0.15) is 30.7 Å². The lowest BCUT2D eigenvalue weighted by Crippen LogP contribution is -2.43. The lowest BCUT2D eigenvalue weighted by molar-refractivity contribution is 0.191. The molecule has 2 heterocycles. The number of hydrogen-bond acceptors (Lipinski definition) is 4. The quantitative estimate of drug-likeness (QED) is 0.878. The maximum absolute atomic E-state index is 12.4. The summed E-state index contributed by atoms with van der Waals surface area (Å²) in [5.74, 6) is 0.625. The molecule has 6 heteroatoms. The number of amides is 2. The van der Waals surface area contributed by atoms with Gasteiger partial charge in [-0.2, -0.15) is 0 Å². The average Bonchev–Trinajstić information content (AvgIpc) is 2.61. The second-order valence-electron chi connectivity index (χ2n) is 6.60. The summed E-state index contributed by atoms with van der Waals surface area (Å²) in [6, 6.07) is 10.4. The molecule has 0 saturated carbocycles. The number of urea groups is 1. The standard InChI is InChI=1S/C19H25N5O/c1-14(2)22-18-21-12-16-9-11-24(13-17(16)23-18)19(25)20-10-8-15-6-4-3-5-7-15/h3-7,12,14H,8-11,13H2,1-2H3,(H,20,25)(H,21,22,23). The van der Waals surface area contributed by atoms with Crippen molar-refractivity contribution in [3.8, 4) is 0 Å². The number of aromatic nitrogens is 2. The van der Waals surface area contributed by atoms with Crippen LogP contribution in [0.3, 0.4) is 0 Å². The number of rotatable bonds is 5. The molecule has 0 atom stereocenters. The van der Waals surface area contributed by atoms with Gasteiger partial charge in [0.2, 0.25) is 5.95 Å². The second-order valence-corrected chi connectivity index (χ2v) is 6.60. The van der Waals surface area contributed by atoms with E-state index in [1.807, 2.05) is 29.3 Å². The van der Waals surface area contributed by atoms with Crippen molar-refractivity contribution in [2.24, 2.45) is 0 Å². The van der Waals surface area contributed by atoms with Crippen molar-refractivity contribution in [1.82, 2.24) is 20.2 Å². The Bertz CT molecular complexity index is 717. The van der Waals surface area contributed by atoms with E-state index >= 15 is 0 Å². The number of benzene rings is 1. The minimum absolute atomic E-state index is 0.0291. The number of anilines is 1. The highest BCUT2D eigenvalue weighted by molar-refractivity contribution is 5.74. The van der Waals surface area contributed by atoms with Crippen molar-refractivity contribution in [2.45, 2.75) is 39.3 Å². The minimum Gasteiger partial charge on any atom is -0.352 e. The molecular formula is C19H25N5O. The van der Waals surface area contributed by atoms with Crippen molar-refractivity contribution >= 4 is 12.0 Å². The molecule has 2 aromatic rings. The topological polar surface area (TPSA) is 70.2 Å². The van der Waals surface area contributed by atoms with E-state index in [0.717, 1.165) is 24.1 Å². The van der Waals surface area contributed by atoms with Crippen molar-refractivity contribution in [1.29, 1.82) is 0 Å². The van der Waals surface area contributed by atoms with Crippen molar-refractivity contribution < 1.29 is 4.79 Å². The summed E-state index contributed by atoms with van der Waals surface area (Å²) in [5.41, 5.74) is 3.29. The van der Waals surface area contributed by atoms with Crippen LogP contribution in [-0.4, -0.2) is 40.0 Å². The Balaban J connectivity index is 1.55. The Morgan fingerprint density at radius 2 is 2.08 bits per heavy atom. The third-order valence-corrected chi connectivity index (χ3v) is 4.18. The second kappa shape index (κ2) is 7.96. The smallest absolute Gasteiger partial charge is 0.317 e. The molecule has 2 N–H and O–H groups in total. The summed E-state index contributed by atoms with van der Waals surface area (Å²) in [6.07, 6.45) is 3.50. The van der Waals surface area contributed by atoms with Crippen LogP contribution in [0.25, 0.3) is 0 Å². The summed E-state index contributed by atoms with van der Waals surface area (Å²) in [5, 5.41) is 6.22. The number of carbonyl (C=O) groups is 1. The summed E-state index contributed by atoms with van der Waals surface area (Å²) >= 11 is 0. The fourth-order valence-electron chi connectivity index (χ4n) is 2.87. The molecule has 0 radical (unpaired) electrons. The molecule has 0 aliphatic carbocycles. The third-order valence-electron chi connectivity index (χ3n) is 4.18. The lowest BCUT2D eigenvalue weighted by atomic mass is 10.1. The summed E-state index contributed by atoms with van der Waals surface area (Å²) in [4.78, 5) is 23.1. The molecule has 1 aromatic carbocycles. The molecule has 0 saturated heterocycles. The minimum atomic E-state index is -0.0291. The molecule has 3 rings (SSSR count). The van der Waals surface area contributed by atoms with Crippen LogP contribution >= 0.6 is 0 Å². The van der Waals surface area contributed by atoms with Gasteiger partial charge in [0.1, 0.15) is 0 Å². The summed E-state index contributed by atoms with van der Waals surface area (Å²) in [7, 11) is 0. The summed E-state index contributed by atoms with van der Waals surface area (Å²) < 4.78 is 0. The van der Waals surface area contributed by atoms with Gasteiger partial charge in [-0.3, -0.25) is 0 Å². The van der Waals surface area contributed by atoms with Crippen LogP contribution in [0, 0.1) is 0 Å². The number of fused-ring (bicyclic) bond motifs is 1. The Morgan fingerprint density at radius 3 is 2.84 bits per heavy atom. The average molecular weight is 339 g/mol. The zero-order valence-electron chi connectivity index (χ0n) is 14.8.